The first-order valence-electron chi connectivity index (χ1n) is 5.11. The maximum Gasteiger partial charge on any atom is 0.405 e. The summed E-state index contributed by atoms with van der Waals surface area (Å²) in [4.78, 5) is 10.5. The van der Waals surface area contributed by atoms with E-state index in [0.717, 1.165) is 12.5 Å². The first-order valence-corrected chi connectivity index (χ1v) is 8.82. The molecule has 15 heavy (non-hydrogen) atoms. The van der Waals surface area contributed by atoms with E-state index >= 15 is 0 Å². The molecule has 0 aliphatic carbocycles. The van der Waals surface area contributed by atoms with Crippen molar-refractivity contribution in [3.05, 3.63) is 0 Å². The summed E-state index contributed by atoms with van der Waals surface area (Å²) in [5.74, 6) is 0. The van der Waals surface area contributed by atoms with E-state index in [0.29, 0.717) is 6.42 Å². The number of nitriles is 1. The van der Waals surface area contributed by atoms with E-state index in [9.17, 15) is 4.79 Å². The van der Waals surface area contributed by atoms with Gasteiger partial charge in [-0.1, -0.05) is 32.1 Å². The van der Waals surface area contributed by atoms with E-state index in [1.54, 1.807) is 6.92 Å². The standard InChI is InChI=1S/C10H20N2O2Si/c1-10(8-11,12-9(13)14)6-5-7-15(2,3)4/h12H,5-7H2,1-4H3,(H,13,14). The summed E-state index contributed by atoms with van der Waals surface area (Å²) >= 11 is 0. The molecule has 0 aliphatic heterocycles. The molecule has 5 heteroatoms. The SMILES string of the molecule is CC(C#N)(CCC[Si](C)(C)C)NC(=O)O. The molecule has 0 rings (SSSR count). The molecule has 0 bridgehead atoms. The fourth-order valence-corrected chi connectivity index (χ4v) is 2.59. The smallest absolute Gasteiger partial charge is 0.405 e. The Morgan fingerprint density at radius 2 is 2.07 bits per heavy atom. The molecule has 0 saturated carbocycles. The first-order chi connectivity index (χ1) is 6.68. The van der Waals surface area contributed by atoms with E-state index in [-0.39, 0.29) is 0 Å². The molecule has 1 amide bonds. The Morgan fingerprint density at radius 1 is 1.53 bits per heavy atom. The molecule has 0 fully saturated rings. The maximum absolute atomic E-state index is 10.5. The Morgan fingerprint density at radius 3 is 2.40 bits per heavy atom. The van der Waals surface area contributed by atoms with E-state index in [1.165, 1.54) is 0 Å². The Labute approximate surface area is 92.3 Å². The summed E-state index contributed by atoms with van der Waals surface area (Å²) in [6.07, 6.45) is 0.354. The monoisotopic (exact) mass is 228 g/mol. The van der Waals surface area contributed by atoms with Gasteiger partial charge in [0.05, 0.1) is 6.07 Å². The van der Waals surface area contributed by atoms with Gasteiger partial charge in [-0.25, -0.2) is 4.79 Å². The number of nitrogens with one attached hydrogen (secondary N) is 1. The third-order valence-electron chi connectivity index (χ3n) is 2.23. The van der Waals surface area contributed by atoms with Crippen LogP contribution in [-0.2, 0) is 0 Å². The zero-order valence-corrected chi connectivity index (χ0v) is 10.9. The summed E-state index contributed by atoms with van der Waals surface area (Å²) in [6.45, 7) is 8.43. The molecule has 0 radical (unpaired) electrons. The predicted octanol–water partition coefficient (Wildman–Crippen LogP) is 2.65. The molecule has 0 aromatic carbocycles. The highest BCUT2D eigenvalue weighted by atomic mass is 28.3. The minimum atomic E-state index is -1.13. The lowest BCUT2D eigenvalue weighted by Gasteiger charge is -2.23. The van der Waals surface area contributed by atoms with Crippen molar-refractivity contribution in [2.75, 3.05) is 0 Å². The molecule has 0 heterocycles. The van der Waals surface area contributed by atoms with Crippen LogP contribution in [0.5, 0.6) is 0 Å². The van der Waals surface area contributed by atoms with Gasteiger partial charge in [-0.05, 0) is 13.3 Å². The van der Waals surface area contributed by atoms with Crippen molar-refractivity contribution in [3.63, 3.8) is 0 Å². The van der Waals surface area contributed by atoms with E-state index in [1.807, 2.05) is 6.07 Å². The average Bonchev–Trinajstić information content (AvgIpc) is 2.00. The zero-order valence-electron chi connectivity index (χ0n) is 9.92. The Hall–Kier alpha value is -1.02. The Balaban J connectivity index is 4.12. The minimum Gasteiger partial charge on any atom is -0.465 e. The lowest BCUT2D eigenvalue weighted by molar-refractivity contribution is 0.185. The van der Waals surface area contributed by atoms with Crippen molar-refractivity contribution < 1.29 is 9.90 Å². The van der Waals surface area contributed by atoms with Crippen LogP contribution in [0, 0.1) is 11.3 Å². The van der Waals surface area contributed by atoms with Crippen LogP contribution in [0.15, 0.2) is 0 Å². The van der Waals surface area contributed by atoms with Gasteiger partial charge in [0.25, 0.3) is 0 Å². The summed E-state index contributed by atoms with van der Waals surface area (Å²) in [7, 11) is -1.09. The van der Waals surface area contributed by atoms with Gasteiger partial charge in [-0.15, -0.1) is 0 Å². The molecule has 86 valence electrons. The van der Waals surface area contributed by atoms with Gasteiger partial charge in [-0.2, -0.15) is 5.26 Å². The van der Waals surface area contributed by atoms with E-state index < -0.39 is 19.7 Å². The van der Waals surface area contributed by atoms with Crippen molar-refractivity contribution in [3.8, 4) is 6.07 Å². The van der Waals surface area contributed by atoms with Crippen LogP contribution in [0.2, 0.25) is 25.7 Å². The van der Waals surface area contributed by atoms with Gasteiger partial charge in [-0.3, -0.25) is 0 Å². The summed E-state index contributed by atoms with van der Waals surface area (Å²) in [5.41, 5.74) is -0.939. The fraction of sp³-hybridized carbons (Fsp3) is 0.800. The minimum absolute atomic E-state index is 0.583. The van der Waals surface area contributed by atoms with Crippen molar-refractivity contribution in [2.24, 2.45) is 0 Å². The van der Waals surface area contributed by atoms with Gasteiger partial charge in [0.1, 0.15) is 5.54 Å². The van der Waals surface area contributed by atoms with Crippen LogP contribution in [0.25, 0.3) is 0 Å². The molecule has 0 aromatic rings. The molecule has 0 spiro atoms. The van der Waals surface area contributed by atoms with Crippen LogP contribution in [0.3, 0.4) is 0 Å². The van der Waals surface area contributed by atoms with Crippen molar-refractivity contribution in [1.82, 2.24) is 5.32 Å². The summed E-state index contributed by atoms with van der Waals surface area (Å²) in [5, 5.41) is 19.7. The summed E-state index contributed by atoms with van der Waals surface area (Å²) in [6, 6.07) is 3.14. The first kappa shape index (κ1) is 14.0. The summed E-state index contributed by atoms with van der Waals surface area (Å²) < 4.78 is 0. The molecular weight excluding hydrogens is 208 g/mol. The largest absolute Gasteiger partial charge is 0.465 e. The Kier molecular flexibility index (Phi) is 4.82. The second-order valence-corrected chi connectivity index (χ2v) is 10.9. The van der Waals surface area contributed by atoms with Crippen LogP contribution in [0.1, 0.15) is 19.8 Å². The fourth-order valence-electron chi connectivity index (χ4n) is 1.35. The third kappa shape index (κ3) is 6.97. The maximum atomic E-state index is 10.5. The topological polar surface area (TPSA) is 73.1 Å². The second-order valence-electron chi connectivity index (χ2n) is 5.29. The quantitative estimate of drug-likeness (QED) is 0.710. The molecule has 1 unspecified atom stereocenters. The lowest BCUT2D eigenvalue weighted by atomic mass is 9.99. The van der Waals surface area contributed by atoms with Gasteiger partial charge in [0, 0.05) is 8.07 Å². The highest BCUT2D eigenvalue weighted by Crippen LogP contribution is 2.18. The molecule has 0 aromatic heterocycles. The number of hydrogen-bond donors (Lipinski definition) is 2. The number of rotatable bonds is 5. The predicted molar refractivity (Wildman–Crippen MR) is 62.6 cm³/mol. The van der Waals surface area contributed by atoms with E-state index in [2.05, 4.69) is 25.0 Å². The van der Waals surface area contributed by atoms with Gasteiger partial charge >= 0.3 is 6.09 Å². The van der Waals surface area contributed by atoms with Gasteiger partial charge < -0.3 is 10.4 Å². The van der Waals surface area contributed by atoms with Crippen LogP contribution in [0.4, 0.5) is 4.79 Å². The van der Waals surface area contributed by atoms with E-state index in [4.69, 9.17) is 10.4 Å². The molecule has 4 nitrogen and oxygen atoms in total. The van der Waals surface area contributed by atoms with Crippen LogP contribution >= 0.6 is 0 Å². The number of carbonyl (C=O) groups is 1. The van der Waals surface area contributed by atoms with Crippen LogP contribution in [-0.4, -0.2) is 24.8 Å². The van der Waals surface area contributed by atoms with Crippen molar-refractivity contribution in [1.29, 1.82) is 5.26 Å². The van der Waals surface area contributed by atoms with Crippen molar-refractivity contribution >= 4 is 14.2 Å². The highest BCUT2D eigenvalue weighted by Gasteiger charge is 2.26. The molecular formula is C10H20N2O2Si. The lowest BCUT2D eigenvalue weighted by Crippen LogP contribution is -2.44. The molecule has 0 saturated heterocycles. The van der Waals surface area contributed by atoms with Gasteiger partial charge in [0.15, 0.2) is 0 Å². The zero-order chi connectivity index (χ0) is 12.1. The normalized spacial score (nSPS) is 15.1. The number of amides is 1. The highest BCUT2D eigenvalue weighted by molar-refractivity contribution is 6.76. The number of hydrogen-bond acceptors (Lipinski definition) is 2. The average molecular weight is 228 g/mol. The van der Waals surface area contributed by atoms with Gasteiger partial charge in [0.2, 0.25) is 0 Å². The molecule has 2 N–H and O–H groups in total. The molecule has 1 atom stereocenters. The molecule has 0 aliphatic rings. The van der Waals surface area contributed by atoms with Crippen molar-refractivity contribution in [2.45, 2.75) is 51.0 Å². The third-order valence-corrected chi connectivity index (χ3v) is 4.09. The second kappa shape index (κ2) is 5.17. The number of carboxylic acid groups (broad SMARTS) is 1. The Bertz CT molecular complexity index is 268. The number of nitrogens with zero attached hydrogens (tertiary/aromatic N) is 1. The van der Waals surface area contributed by atoms with Crippen LogP contribution < -0.4 is 5.32 Å².